The molecule has 5 heteroatoms. The average Bonchev–Trinajstić information content (AvgIpc) is 2.64. The van der Waals surface area contributed by atoms with E-state index >= 15 is 0 Å². The van der Waals surface area contributed by atoms with E-state index in [0.717, 1.165) is 23.1 Å². The SMILES string of the molecule is Cc1ccc(CN(CCOCC(=O)OC(C)(C)C)c2cc(C)ccc2C=O)cc1. The van der Waals surface area contributed by atoms with Gasteiger partial charge < -0.3 is 14.4 Å². The van der Waals surface area contributed by atoms with E-state index in [1.165, 1.54) is 5.56 Å². The van der Waals surface area contributed by atoms with Crippen LogP contribution in [0.15, 0.2) is 42.5 Å². The maximum Gasteiger partial charge on any atom is 0.332 e. The molecule has 5 nitrogen and oxygen atoms in total. The number of hydrogen-bond donors (Lipinski definition) is 0. The fourth-order valence-electron chi connectivity index (χ4n) is 2.93. The molecule has 0 aliphatic heterocycles. The number of ether oxygens (including phenoxy) is 2. The Kier molecular flexibility index (Phi) is 7.97. The maximum atomic E-state index is 11.8. The Balaban J connectivity index is 2.09. The largest absolute Gasteiger partial charge is 0.458 e. The summed E-state index contributed by atoms with van der Waals surface area (Å²) in [5, 5.41) is 0. The van der Waals surface area contributed by atoms with Crippen molar-refractivity contribution in [3.8, 4) is 0 Å². The third-order valence-corrected chi connectivity index (χ3v) is 4.29. The topological polar surface area (TPSA) is 55.8 Å². The predicted molar refractivity (Wildman–Crippen MR) is 115 cm³/mol. The number of anilines is 1. The number of aldehydes is 1. The minimum Gasteiger partial charge on any atom is -0.458 e. The smallest absolute Gasteiger partial charge is 0.332 e. The first-order valence-electron chi connectivity index (χ1n) is 9.84. The molecule has 0 saturated carbocycles. The molecular formula is C24H31NO4. The van der Waals surface area contributed by atoms with Gasteiger partial charge in [0, 0.05) is 24.3 Å². The molecule has 29 heavy (non-hydrogen) atoms. The van der Waals surface area contributed by atoms with E-state index in [1.54, 1.807) is 0 Å². The van der Waals surface area contributed by atoms with Crippen molar-refractivity contribution in [3.05, 3.63) is 64.7 Å². The Bertz CT molecular complexity index is 822. The van der Waals surface area contributed by atoms with Crippen molar-refractivity contribution in [1.29, 1.82) is 0 Å². The molecule has 0 saturated heterocycles. The van der Waals surface area contributed by atoms with Crippen LogP contribution in [0.3, 0.4) is 0 Å². The molecule has 2 aromatic carbocycles. The van der Waals surface area contributed by atoms with Crippen molar-refractivity contribution in [2.45, 2.75) is 46.8 Å². The summed E-state index contributed by atoms with van der Waals surface area (Å²) in [5.41, 5.74) is 4.38. The summed E-state index contributed by atoms with van der Waals surface area (Å²) >= 11 is 0. The molecule has 0 bridgehead atoms. The Morgan fingerprint density at radius 3 is 2.31 bits per heavy atom. The standard InChI is InChI=1S/C24H31NO4/c1-18-6-9-20(10-7-18)15-25(22-14-19(2)8-11-21(22)16-26)12-13-28-17-23(27)29-24(3,4)5/h6-11,14,16H,12-13,15,17H2,1-5H3. The number of carbonyl (C=O) groups is 2. The van der Waals surface area contributed by atoms with Gasteiger partial charge in [-0.1, -0.05) is 35.9 Å². The van der Waals surface area contributed by atoms with Gasteiger partial charge in [0.1, 0.15) is 12.2 Å². The molecule has 0 N–H and O–H groups in total. The summed E-state index contributed by atoms with van der Waals surface area (Å²) in [6, 6.07) is 14.1. The van der Waals surface area contributed by atoms with Gasteiger partial charge in [0.15, 0.2) is 6.29 Å². The van der Waals surface area contributed by atoms with Crippen molar-refractivity contribution in [2.24, 2.45) is 0 Å². The Labute approximate surface area is 173 Å². The third kappa shape index (κ3) is 7.70. The van der Waals surface area contributed by atoms with Crippen LogP contribution in [-0.4, -0.2) is 37.6 Å². The van der Waals surface area contributed by atoms with Crippen LogP contribution in [0, 0.1) is 13.8 Å². The molecule has 0 radical (unpaired) electrons. The number of benzene rings is 2. The highest BCUT2D eigenvalue weighted by Crippen LogP contribution is 2.23. The zero-order valence-electron chi connectivity index (χ0n) is 18.0. The monoisotopic (exact) mass is 397 g/mol. The number of rotatable bonds is 9. The first-order valence-corrected chi connectivity index (χ1v) is 9.84. The van der Waals surface area contributed by atoms with Gasteiger partial charge in [-0.25, -0.2) is 4.79 Å². The van der Waals surface area contributed by atoms with Crippen LogP contribution in [0.4, 0.5) is 5.69 Å². The van der Waals surface area contributed by atoms with Crippen LogP contribution in [-0.2, 0) is 20.8 Å². The molecule has 156 valence electrons. The maximum absolute atomic E-state index is 11.8. The Morgan fingerprint density at radius 1 is 1.03 bits per heavy atom. The summed E-state index contributed by atoms with van der Waals surface area (Å²) in [7, 11) is 0. The Hall–Kier alpha value is -2.66. The lowest BCUT2D eigenvalue weighted by molar-refractivity contribution is -0.160. The average molecular weight is 398 g/mol. The van der Waals surface area contributed by atoms with Gasteiger partial charge in [0.05, 0.1) is 6.61 Å². The molecular weight excluding hydrogens is 366 g/mol. The molecule has 0 atom stereocenters. The molecule has 0 aliphatic carbocycles. The highest BCUT2D eigenvalue weighted by atomic mass is 16.6. The zero-order valence-corrected chi connectivity index (χ0v) is 18.0. The van der Waals surface area contributed by atoms with Crippen LogP contribution in [0.5, 0.6) is 0 Å². The van der Waals surface area contributed by atoms with Gasteiger partial charge in [-0.05, 0) is 57.9 Å². The van der Waals surface area contributed by atoms with E-state index in [2.05, 4.69) is 36.1 Å². The van der Waals surface area contributed by atoms with Crippen molar-refractivity contribution in [1.82, 2.24) is 0 Å². The summed E-state index contributed by atoms with van der Waals surface area (Å²) in [4.78, 5) is 25.5. The summed E-state index contributed by atoms with van der Waals surface area (Å²) in [6.07, 6.45) is 0.873. The van der Waals surface area contributed by atoms with Gasteiger partial charge in [-0.2, -0.15) is 0 Å². The number of carbonyl (C=O) groups excluding carboxylic acids is 2. The van der Waals surface area contributed by atoms with Gasteiger partial charge in [0.2, 0.25) is 0 Å². The van der Waals surface area contributed by atoms with Crippen LogP contribution >= 0.6 is 0 Å². The predicted octanol–water partition coefficient (Wildman–Crippen LogP) is 4.48. The molecule has 0 aromatic heterocycles. The van der Waals surface area contributed by atoms with Crippen molar-refractivity contribution in [3.63, 3.8) is 0 Å². The molecule has 0 heterocycles. The molecule has 0 unspecified atom stereocenters. The lowest BCUT2D eigenvalue weighted by Crippen LogP contribution is -2.30. The Morgan fingerprint density at radius 2 is 1.69 bits per heavy atom. The van der Waals surface area contributed by atoms with E-state index in [4.69, 9.17) is 9.47 Å². The summed E-state index contributed by atoms with van der Waals surface area (Å²) in [6.45, 7) is 11.0. The fraction of sp³-hybridized carbons (Fsp3) is 0.417. The van der Waals surface area contributed by atoms with Crippen LogP contribution < -0.4 is 4.90 Å². The molecule has 2 aromatic rings. The minimum absolute atomic E-state index is 0.0933. The van der Waals surface area contributed by atoms with E-state index in [9.17, 15) is 9.59 Å². The number of esters is 1. The first kappa shape index (κ1) is 22.6. The van der Waals surface area contributed by atoms with Gasteiger partial charge >= 0.3 is 5.97 Å². The van der Waals surface area contributed by atoms with Crippen molar-refractivity contribution < 1.29 is 19.1 Å². The van der Waals surface area contributed by atoms with Crippen LogP contribution in [0.25, 0.3) is 0 Å². The second-order valence-corrected chi connectivity index (χ2v) is 8.23. The zero-order chi connectivity index (χ0) is 21.4. The third-order valence-electron chi connectivity index (χ3n) is 4.29. The minimum atomic E-state index is -0.529. The van der Waals surface area contributed by atoms with E-state index in [0.29, 0.717) is 25.3 Å². The summed E-state index contributed by atoms with van der Waals surface area (Å²) < 4.78 is 10.8. The van der Waals surface area contributed by atoms with E-state index in [-0.39, 0.29) is 12.6 Å². The fourth-order valence-corrected chi connectivity index (χ4v) is 2.93. The van der Waals surface area contributed by atoms with Crippen molar-refractivity contribution >= 4 is 17.9 Å². The van der Waals surface area contributed by atoms with Gasteiger partial charge in [-0.15, -0.1) is 0 Å². The van der Waals surface area contributed by atoms with E-state index in [1.807, 2.05) is 45.9 Å². The van der Waals surface area contributed by atoms with E-state index < -0.39 is 5.60 Å². The summed E-state index contributed by atoms with van der Waals surface area (Å²) in [5.74, 6) is -0.383. The highest BCUT2D eigenvalue weighted by Gasteiger charge is 2.17. The van der Waals surface area contributed by atoms with Gasteiger partial charge in [0.25, 0.3) is 0 Å². The van der Waals surface area contributed by atoms with Crippen molar-refractivity contribution in [2.75, 3.05) is 24.7 Å². The van der Waals surface area contributed by atoms with Crippen LogP contribution in [0.2, 0.25) is 0 Å². The highest BCUT2D eigenvalue weighted by molar-refractivity contribution is 5.85. The number of hydrogen-bond acceptors (Lipinski definition) is 5. The quantitative estimate of drug-likeness (QED) is 0.355. The van der Waals surface area contributed by atoms with Gasteiger partial charge in [-0.3, -0.25) is 4.79 Å². The lowest BCUT2D eigenvalue weighted by Gasteiger charge is -2.27. The molecule has 0 amide bonds. The number of nitrogens with zero attached hydrogens (tertiary/aromatic N) is 1. The molecule has 0 aliphatic rings. The second-order valence-electron chi connectivity index (χ2n) is 8.23. The number of aryl methyl sites for hydroxylation is 2. The molecule has 0 fully saturated rings. The normalized spacial score (nSPS) is 11.2. The molecule has 2 rings (SSSR count). The molecule has 0 spiro atoms. The first-order chi connectivity index (χ1) is 13.7. The second kappa shape index (κ2) is 10.2. The van der Waals surface area contributed by atoms with Crippen LogP contribution in [0.1, 0.15) is 47.8 Å². The lowest BCUT2D eigenvalue weighted by atomic mass is 10.1.